The molecule has 186 valence electrons. The van der Waals surface area contributed by atoms with Crippen LogP contribution in [0.25, 0.3) is 5.69 Å². The first-order valence-electron chi connectivity index (χ1n) is 12.2. The SMILES string of the molecule is Cc1nn(-c2ccccc2)c(Oc2ccccc2F)c1CN(CC(O)COc1ccccc1)C1CC1. The number of hydrogen-bond acceptors (Lipinski definition) is 5. The molecule has 1 aromatic heterocycles. The van der Waals surface area contributed by atoms with E-state index in [1.54, 1.807) is 22.9 Å². The van der Waals surface area contributed by atoms with Crippen molar-refractivity contribution >= 4 is 0 Å². The zero-order chi connectivity index (χ0) is 24.9. The normalized spacial score (nSPS) is 14.1. The maximum atomic E-state index is 14.5. The number of ether oxygens (including phenoxy) is 2. The molecule has 1 atom stereocenters. The molecule has 6 nitrogen and oxygen atoms in total. The summed E-state index contributed by atoms with van der Waals surface area (Å²) in [6.45, 7) is 3.11. The van der Waals surface area contributed by atoms with E-state index in [0.717, 1.165) is 35.5 Å². The monoisotopic (exact) mass is 487 g/mol. The molecule has 4 aromatic rings. The highest BCUT2D eigenvalue weighted by molar-refractivity contribution is 5.43. The summed E-state index contributed by atoms with van der Waals surface area (Å²) in [5.41, 5.74) is 2.49. The Morgan fingerprint density at radius 3 is 2.36 bits per heavy atom. The second-order valence-corrected chi connectivity index (χ2v) is 9.09. The fraction of sp³-hybridized carbons (Fsp3) is 0.276. The van der Waals surface area contributed by atoms with Crippen LogP contribution >= 0.6 is 0 Å². The van der Waals surface area contributed by atoms with Crippen molar-refractivity contribution in [3.8, 4) is 23.1 Å². The fourth-order valence-electron chi connectivity index (χ4n) is 4.22. The van der Waals surface area contributed by atoms with Gasteiger partial charge in [-0.2, -0.15) is 5.10 Å². The Hall–Kier alpha value is -3.68. The Morgan fingerprint density at radius 2 is 1.67 bits per heavy atom. The molecular weight excluding hydrogens is 457 g/mol. The molecule has 0 saturated heterocycles. The van der Waals surface area contributed by atoms with Crippen LogP contribution in [0, 0.1) is 12.7 Å². The zero-order valence-corrected chi connectivity index (χ0v) is 20.3. The topological polar surface area (TPSA) is 59.8 Å². The molecule has 0 aliphatic heterocycles. The first-order valence-corrected chi connectivity index (χ1v) is 12.2. The van der Waals surface area contributed by atoms with Crippen LogP contribution in [0.15, 0.2) is 84.9 Å². The number of aryl methyl sites for hydroxylation is 1. The number of aliphatic hydroxyl groups excluding tert-OH is 1. The maximum Gasteiger partial charge on any atom is 0.227 e. The summed E-state index contributed by atoms with van der Waals surface area (Å²) in [6.07, 6.45) is 1.48. The van der Waals surface area contributed by atoms with Gasteiger partial charge in [-0.25, -0.2) is 9.07 Å². The van der Waals surface area contributed by atoms with Crippen LogP contribution in [-0.2, 0) is 6.54 Å². The van der Waals surface area contributed by atoms with E-state index >= 15 is 0 Å². The Balaban J connectivity index is 1.39. The van der Waals surface area contributed by atoms with Gasteiger partial charge in [0.2, 0.25) is 5.88 Å². The first-order chi connectivity index (χ1) is 17.6. The second-order valence-electron chi connectivity index (χ2n) is 9.09. The van der Waals surface area contributed by atoms with E-state index in [1.807, 2.05) is 67.6 Å². The molecule has 1 aliphatic rings. The van der Waals surface area contributed by atoms with E-state index in [2.05, 4.69) is 4.90 Å². The van der Waals surface area contributed by atoms with Crippen LogP contribution in [0.4, 0.5) is 4.39 Å². The molecule has 1 aliphatic carbocycles. The van der Waals surface area contributed by atoms with Gasteiger partial charge in [0.15, 0.2) is 11.6 Å². The van der Waals surface area contributed by atoms with Crippen molar-refractivity contribution in [2.24, 2.45) is 0 Å². The first kappa shape index (κ1) is 24.0. The molecule has 1 N–H and O–H groups in total. The molecular formula is C29H30FN3O3. The lowest BCUT2D eigenvalue weighted by atomic mass is 10.2. The van der Waals surface area contributed by atoms with Crippen molar-refractivity contribution in [2.45, 2.75) is 38.5 Å². The Morgan fingerprint density at radius 1 is 1.00 bits per heavy atom. The van der Waals surface area contributed by atoms with Crippen molar-refractivity contribution in [1.29, 1.82) is 0 Å². The number of hydrogen-bond donors (Lipinski definition) is 1. The van der Waals surface area contributed by atoms with Gasteiger partial charge in [-0.3, -0.25) is 4.90 Å². The maximum absolute atomic E-state index is 14.5. The molecule has 5 rings (SSSR count). The number of benzene rings is 3. The lowest BCUT2D eigenvalue weighted by Crippen LogP contribution is -2.36. The van der Waals surface area contributed by atoms with Crippen LogP contribution in [0.5, 0.6) is 17.4 Å². The van der Waals surface area contributed by atoms with E-state index in [9.17, 15) is 9.50 Å². The predicted molar refractivity (Wildman–Crippen MR) is 136 cm³/mol. The third kappa shape index (κ3) is 5.75. The van der Waals surface area contributed by atoms with Gasteiger partial charge in [0.1, 0.15) is 18.5 Å². The minimum atomic E-state index is -0.661. The number of aliphatic hydroxyl groups is 1. The van der Waals surface area contributed by atoms with Crippen LogP contribution in [0.2, 0.25) is 0 Å². The number of rotatable bonds is 11. The standard InChI is InChI=1S/C29H30FN3O3/c1-21-26(19-32(22-16-17-22)18-24(34)20-35-25-12-6-3-7-13-25)29(36-28-15-9-8-14-27(28)30)33(31-21)23-10-4-2-5-11-23/h2-15,22,24,34H,16-20H2,1H3. The van der Waals surface area contributed by atoms with Crippen LogP contribution < -0.4 is 9.47 Å². The fourth-order valence-corrected chi connectivity index (χ4v) is 4.22. The predicted octanol–water partition coefficient (Wildman–Crippen LogP) is 5.52. The zero-order valence-electron chi connectivity index (χ0n) is 20.3. The summed E-state index contributed by atoms with van der Waals surface area (Å²) in [5.74, 6) is 0.916. The van der Waals surface area contributed by atoms with Gasteiger partial charge < -0.3 is 14.6 Å². The number of halogens is 1. The highest BCUT2D eigenvalue weighted by atomic mass is 19.1. The Labute approximate surface area is 210 Å². The summed E-state index contributed by atoms with van der Waals surface area (Å²) in [5, 5.41) is 15.5. The molecule has 0 bridgehead atoms. The third-order valence-electron chi connectivity index (χ3n) is 6.24. The summed E-state index contributed by atoms with van der Waals surface area (Å²) in [6, 6.07) is 25.9. The summed E-state index contributed by atoms with van der Waals surface area (Å²) in [7, 11) is 0. The minimum Gasteiger partial charge on any atom is -0.491 e. The van der Waals surface area contributed by atoms with Crippen molar-refractivity contribution in [3.63, 3.8) is 0 Å². The molecule has 0 spiro atoms. The Kier molecular flexibility index (Phi) is 7.30. The van der Waals surface area contributed by atoms with Gasteiger partial charge in [0, 0.05) is 19.1 Å². The molecule has 0 radical (unpaired) electrons. The average Bonchev–Trinajstić information content (AvgIpc) is 3.71. The van der Waals surface area contributed by atoms with Gasteiger partial charge in [-0.05, 0) is 56.2 Å². The third-order valence-corrected chi connectivity index (χ3v) is 6.24. The van der Waals surface area contributed by atoms with Crippen molar-refractivity contribution < 1.29 is 19.0 Å². The highest BCUT2D eigenvalue weighted by Crippen LogP contribution is 2.35. The average molecular weight is 488 g/mol. The van der Waals surface area contributed by atoms with E-state index in [1.165, 1.54) is 6.07 Å². The van der Waals surface area contributed by atoms with Gasteiger partial charge in [-0.1, -0.05) is 48.5 Å². The van der Waals surface area contributed by atoms with Crippen molar-refractivity contribution in [2.75, 3.05) is 13.2 Å². The van der Waals surface area contributed by atoms with E-state index < -0.39 is 11.9 Å². The Bertz CT molecular complexity index is 1280. The van der Waals surface area contributed by atoms with Crippen LogP contribution in [0.3, 0.4) is 0 Å². The van der Waals surface area contributed by atoms with E-state index in [-0.39, 0.29) is 12.4 Å². The molecule has 7 heteroatoms. The highest BCUT2D eigenvalue weighted by Gasteiger charge is 2.33. The molecule has 1 saturated carbocycles. The molecule has 0 amide bonds. The summed E-state index contributed by atoms with van der Waals surface area (Å²) in [4.78, 5) is 2.24. The second kappa shape index (κ2) is 10.9. The van der Waals surface area contributed by atoms with Gasteiger partial charge >= 0.3 is 0 Å². The van der Waals surface area contributed by atoms with Gasteiger partial charge in [0.25, 0.3) is 0 Å². The lowest BCUT2D eigenvalue weighted by Gasteiger charge is -2.25. The molecule has 36 heavy (non-hydrogen) atoms. The van der Waals surface area contributed by atoms with Crippen LogP contribution in [0.1, 0.15) is 24.1 Å². The summed E-state index contributed by atoms with van der Waals surface area (Å²) >= 11 is 0. The smallest absolute Gasteiger partial charge is 0.227 e. The number of para-hydroxylation sites is 3. The van der Waals surface area contributed by atoms with Crippen molar-refractivity contribution in [3.05, 3.63) is 102 Å². The van der Waals surface area contributed by atoms with Gasteiger partial charge in [-0.15, -0.1) is 0 Å². The van der Waals surface area contributed by atoms with E-state index in [4.69, 9.17) is 14.6 Å². The van der Waals surface area contributed by atoms with Gasteiger partial charge in [0.05, 0.1) is 16.9 Å². The summed E-state index contributed by atoms with van der Waals surface area (Å²) < 4.78 is 28.2. The number of aromatic nitrogens is 2. The molecule has 1 unspecified atom stereocenters. The number of nitrogens with zero attached hydrogens (tertiary/aromatic N) is 3. The lowest BCUT2D eigenvalue weighted by molar-refractivity contribution is 0.0623. The van der Waals surface area contributed by atoms with Crippen molar-refractivity contribution in [1.82, 2.24) is 14.7 Å². The van der Waals surface area contributed by atoms with E-state index in [0.29, 0.717) is 25.0 Å². The molecule has 3 aromatic carbocycles. The largest absolute Gasteiger partial charge is 0.491 e. The van der Waals surface area contributed by atoms with Crippen LogP contribution in [-0.4, -0.2) is 45.1 Å². The molecule has 1 fully saturated rings. The minimum absolute atomic E-state index is 0.144. The quantitative estimate of drug-likeness (QED) is 0.302. The molecule has 1 heterocycles.